The van der Waals surface area contributed by atoms with Gasteiger partial charge in [-0.3, -0.25) is 14.9 Å². The maximum absolute atomic E-state index is 13.0. The van der Waals surface area contributed by atoms with Crippen LogP contribution in [0.25, 0.3) is 0 Å². The van der Waals surface area contributed by atoms with Gasteiger partial charge in [0.05, 0.1) is 12.7 Å². The number of aryl methyl sites for hydroxylation is 1. The van der Waals surface area contributed by atoms with Crippen molar-refractivity contribution in [1.82, 2.24) is 10.2 Å². The molecule has 0 radical (unpaired) electrons. The van der Waals surface area contributed by atoms with Gasteiger partial charge >= 0.3 is 0 Å². The molecule has 0 saturated carbocycles. The smallest absolute Gasteiger partial charge is 0.257 e. The molecule has 1 aliphatic rings. The zero-order valence-corrected chi connectivity index (χ0v) is 21.7. The third kappa shape index (κ3) is 5.95. The molecule has 0 aromatic heterocycles. The largest absolute Gasteiger partial charge is 0.496 e. The second-order valence-corrected chi connectivity index (χ2v) is 9.24. The minimum Gasteiger partial charge on any atom is -0.496 e. The molecule has 36 heavy (non-hydrogen) atoms. The van der Waals surface area contributed by atoms with Crippen LogP contribution in [0.4, 0.5) is 11.4 Å². The lowest BCUT2D eigenvalue weighted by Crippen LogP contribution is -2.48. The summed E-state index contributed by atoms with van der Waals surface area (Å²) >= 11 is 11.4. The monoisotopic (exact) mass is 522 g/mol. The standard InChI is InChI=1S/C27H27ClN4O3S/c1-18-5-3-4-6-22(18)25(33)30-27(36)29-20-8-10-21(11-9-20)31-13-15-32(16-14-31)26(34)23-17-19(28)7-12-24(23)35-2/h3-12,17H,13-16H2,1-2H3,(H2,29,30,33,36). The molecule has 0 unspecified atom stereocenters. The van der Waals surface area contributed by atoms with Gasteiger partial charge in [-0.15, -0.1) is 0 Å². The number of carbonyl (C=O) groups excluding carboxylic acids is 2. The second kappa shape index (κ2) is 11.4. The molecule has 0 aliphatic carbocycles. The van der Waals surface area contributed by atoms with Crippen molar-refractivity contribution in [1.29, 1.82) is 0 Å². The molecule has 4 rings (SSSR count). The number of anilines is 2. The number of hydrogen-bond donors (Lipinski definition) is 2. The Morgan fingerprint density at radius 2 is 1.64 bits per heavy atom. The molecular weight excluding hydrogens is 496 g/mol. The lowest BCUT2D eigenvalue weighted by atomic mass is 10.1. The maximum Gasteiger partial charge on any atom is 0.257 e. The highest BCUT2D eigenvalue weighted by molar-refractivity contribution is 7.80. The number of rotatable bonds is 5. The molecule has 0 spiro atoms. The predicted octanol–water partition coefficient (Wildman–Crippen LogP) is 4.75. The highest BCUT2D eigenvalue weighted by Gasteiger charge is 2.24. The van der Waals surface area contributed by atoms with Crippen LogP contribution in [0.1, 0.15) is 26.3 Å². The number of carbonyl (C=O) groups is 2. The van der Waals surface area contributed by atoms with Gasteiger partial charge in [-0.2, -0.15) is 0 Å². The fourth-order valence-electron chi connectivity index (χ4n) is 4.10. The van der Waals surface area contributed by atoms with Gasteiger partial charge in [0.25, 0.3) is 11.8 Å². The zero-order valence-electron chi connectivity index (χ0n) is 20.1. The molecule has 2 amide bonds. The van der Waals surface area contributed by atoms with Crippen LogP contribution in [0.15, 0.2) is 66.7 Å². The second-order valence-electron chi connectivity index (χ2n) is 8.39. The van der Waals surface area contributed by atoms with Crippen LogP contribution >= 0.6 is 23.8 Å². The van der Waals surface area contributed by atoms with Gasteiger partial charge in [0, 0.05) is 48.1 Å². The summed E-state index contributed by atoms with van der Waals surface area (Å²) in [6.07, 6.45) is 0. The van der Waals surface area contributed by atoms with E-state index in [4.69, 9.17) is 28.6 Å². The van der Waals surface area contributed by atoms with Gasteiger partial charge in [-0.25, -0.2) is 0 Å². The molecular formula is C27H27ClN4O3S. The number of ether oxygens (including phenoxy) is 1. The summed E-state index contributed by atoms with van der Waals surface area (Å²) < 4.78 is 5.34. The van der Waals surface area contributed by atoms with E-state index in [1.807, 2.05) is 54.3 Å². The third-order valence-electron chi connectivity index (χ3n) is 6.07. The highest BCUT2D eigenvalue weighted by Crippen LogP contribution is 2.25. The summed E-state index contributed by atoms with van der Waals surface area (Å²) in [7, 11) is 1.54. The summed E-state index contributed by atoms with van der Waals surface area (Å²) in [5, 5.41) is 6.51. The van der Waals surface area contributed by atoms with Crippen molar-refractivity contribution in [2.75, 3.05) is 43.5 Å². The summed E-state index contributed by atoms with van der Waals surface area (Å²) in [6, 6.07) is 20.2. The summed E-state index contributed by atoms with van der Waals surface area (Å²) in [6.45, 7) is 4.46. The van der Waals surface area contributed by atoms with Crippen molar-refractivity contribution in [2.45, 2.75) is 6.92 Å². The number of benzene rings is 3. The Labute approximate surface area is 221 Å². The average molecular weight is 523 g/mol. The molecule has 1 aliphatic heterocycles. The lowest BCUT2D eigenvalue weighted by Gasteiger charge is -2.36. The van der Waals surface area contributed by atoms with Gasteiger partial charge in [0.15, 0.2) is 5.11 Å². The van der Waals surface area contributed by atoms with E-state index in [1.165, 1.54) is 0 Å². The van der Waals surface area contributed by atoms with E-state index in [9.17, 15) is 9.59 Å². The molecule has 1 saturated heterocycles. The van der Waals surface area contributed by atoms with Crippen LogP contribution in [0.5, 0.6) is 5.75 Å². The Hall–Kier alpha value is -3.62. The summed E-state index contributed by atoms with van der Waals surface area (Å²) in [5.74, 6) is 0.183. The van der Waals surface area contributed by atoms with E-state index >= 15 is 0 Å². The Kier molecular flexibility index (Phi) is 8.07. The molecule has 186 valence electrons. The first kappa shape index (κ1) is 25.5. The molecule has 0 atom stereocenters. The van der Waals surface area contributed by atoms with Gasteiger partial charge in [0.2, 0.25) is 0 Å². The highest BCUT2D eigenvalue weighted by atomic mass is 35.5. The third-order valence-corrected chi connectivity index (χ3v) is 6.51. The normalized spacial score (nSPS) is 13.2. The number of methoxy groups -OCH3 is 1. The van der Waals surface area contributed by atoms with Crippen LogP contribution in [0.2, 0.25) is 5.02 Å². The molecule has 0 bridgehead atoms. The van der Waals surface area contributed by atoms with E-state index < -0.39 is 0 Å². The number of hydrogen-bond acceptors (Lipinski definition) is 5. The molecule has 1 fully saturated rings. The quantitative estimate of drug-likeness (QED) is 0.471. The molecule has 2 N–H and O–H groups in total. The summed E-state index contributed by atoms with van der Waals surface area (Å²) in [5.41, 5.74) is 3.76. The molecule has 3 aromatic carbocycles. The maximum atomic E-state index is 13.0. The van der Waals surface area contributed by atoms with Crippen molar-refractivity contribution in [3.63, 3.8) is 0 Å². The lowest BCUT2D eigenvalue weighted by molar-refractivity contribution is 0.0743. The molecule has 7 nitrogen and oxygen atoms in total. The number of nitrogens with one attached hydrogen (secondary N) is 2. The predicted molar refractivity (Wildman–Crippen MR) is 147 cm³/mol. The van der Waals surface area contributed by atoms with Crippen LogP contribution in [0.3, 0.4) is 0 Å². The van der Waals surface area contributed by atoms with Crippen molar-refractivity contribution in [3.05, 3.63) is 88.4 Å². The zero-order chi connectivity index (χ0) is 25.7. The Morgan fingerprint density at radius 1 is 0.944 bits per heavy atom. The first-order valence-corrected chi connectivity index (χ1v) is 12.3. The number of nitrogens with zero attached hydrogens (tertiary/aromatic N) is 2. The van der Waals surface area contributed by atoms with Gasteiger partial charge in [0.1, 0.15) is 5.75 Å². The van der Waals surface area contributed by atoms with E-state index in [2.05, 4.69) is 15.5 Å². The SMILES string of the molecule is COc1ccc(Cl)cc1C(=O)N1CCN(c2ccc(NC(=S)NC(=O)c3ccccc3C)cc2)CC1. The Bertz CT molecular complexity index is 1270. The summed E-state index contributed by atoms with van der Waals surface area (Å²) in [4.78, 5) is 29.5. The molecule has 3 aromatic rings. The van der Waals surface area contributed by atoms with Gasteiger partial charge in [-0.1, -0.05) is 29.8 Å². The van der Waals surface area contributed by atoms with Crippen molar-refractivity contribution in [3.8, 4) is 5.75 Å². The van der Waals surface area contributed by atoms with Crippen molar-refractivity contribution in [2.24, 2.45) is 0 Å². The van der Waals surface area contributed by atoms with E-state index in [0.29, 0.717) is 48.1 Å². The first-order chi connectivity index (χ1) is 17.4. The minimum atomic E-state index is -0.245. The fraction of sp³-hybridized carbons (Fsp3) is 0.222. The van der Waals surface area contributed by atoms with Gasteiger partial charge in [-0.05, 0) is 73.2 Å². The number of amides is 2. The van der Waals surface area contributed by atoms with Crippen LogP contribution in [-0.4, -0.2) is 55.1 Å². The topological polar surface area (TPSA) is 73.9 Å². The molecule has 9 heteroatoms. The molecule has 1 heterocycles. The number of thiocarbonyl (C=S) groups is 1. The number of piperazine rings is 1. The van der Waals surface area contributed by atoms with Crippen molar-refractivity contribution < 1.29 is 14.3 Å². The van der Waals surface area contributed by atoms with Crippen molar-refractivity contribution >= 4 is 52.1 Å². The van der Waals surface area contributed by atoms with Crippen LogP contribution in [-0.2, 0) is 0 Å². The number of halogens is 1. The average Bonchev–Trinajstić information content (AvgIpc) is 2.89. The van der Waals surface area contributed by atoms with Crippen LogP contribution in [0, 0.1) is 6.92 Å². The van der Waals surface area contributed by atoms with Crippen LogP contribution < -0.4 is 20.3 Å². The minimum absolute atomic E-state index is 0.0881. The van der Waals surface area contributed by atoms with E-state index in [-0.39, 0.29) is 16.9 Å². The fourth-order valence-corrected chi connectivity index (χ4v) is 4.48. The Morgan fingerprint density at radius 3 is 2.31 bits per heavy atom. The first-order valence-electron chi connectivity index (χ1n) is 11.5. The van der Waals surface area contributed by atoms with E-state index in [1.54, 1.807) is 31.4 Å². The van der Waals surface area contributed by atoms with Gasteiger partial charge < -0.3 is 19.9 Å². The van der Waals surface area contributed by atoms with E-state index in [0.717, 1.165) is 16.9 Å². The Balaban J connectivity index is 1.31.